The lowest BCUT2D eigenvalue weighted by Gasteiger charge is -2.59. The van der Waals surface area contributed by atoms with Crippen molar-refractivity contribution in [3.05, 3.63) is 11.6 Å². The highest BCUT2D eigenvalue weighted by atomic mass is 16.7. The van der Waals surface area contributed by atoms with Crippen LogP contribution < -0.4 is 0 Å². The SMILES string of the molecule is CC12CC(O)C3C(CC=C4CC5(CCC43C)OCCO5)C1CCC2=O. The van der Waals surface area contributed by atoms with Gasteiger partial charge >= 0.3 is 0 Å². The number of aliphatic hydroxyl groups is 1. The maximum atomic E-state index is 12.5. The van der Waals surface area contributed by atoms with E-state index in [1.54, 1.807) is 0 Å². The van der Waals surface area contributed by atoms with Crippen molar-refractivity contribution < 1.29 is 19.4 Å². The number of carbonyl (C=O) groups is 1. The number of carbonyl (C=O) groups excluding carboxylic acids is 1. The Morgan fingerprint density at radius 2 is 1.92 bits per heavy atom. The Balaban J connectivity index is 1.51. The van der Waals surface area contributed by atoms with Crippen molar-refractivity contribution in [1.29, 1.82) is 0 Å². The highest BCUT2D eigenvalue weighted by molar-refractivity contribution is 5.87. The summed E-state index contributed by atoms with van der Waals surface area (Å²) in [6.07, 6.45) is 8.17. The summed E-state index contributed by atoms with van der Waals surface area (Å²) in [7, 11) is 0. The van der Waals surface area contributed by atoms with Gasteiger partial charge in [0.2, 0.25) is 0 Å². The Morgan fingerprint density at radius 3 is 2.68 bits per heavy atom. The summed E-state index contributed by atoms with van der Waals surface area (Å²) in [5, 5.41) is 11.2. The van der Waals surface area contributed by atoms with Crippen molar-refractivity contribution in [2.24, 2.45) is 28.6 Å². The molecule has 25 heavy (non-hydrogen) atoms. The third-order valence-electron chi connectivity index (χ3n) is 8.57. The highest BCUT2D eigenvalue weighted by Crippen LogP contribution is 2.65. The molecule has 0 aromatic heterocycles. The Kier molecular flexibility index (Phi) is 3.41. The van der Waals surface area contributed by atoms with E-state index in [0.717, 1.165) is 32.1 Å². The van der Waals surface area contributed by atoms with Crippen molar-refractivity contribution >= 4 is 5.78 Å². The van der Waals surface area contributed by atoms with E-state index in [2.05, 4.69) is 19.9 Å². The summed E-state index contributed by atoms with van der Waals surface area (Å²) < 4.78 is 11.9. The first-order valence-electron chi connectivity index (χ1n) is 10.1. The normalized spacial score (nSPS) is 51.0. The molecule has 1 N–H and O–H groups in total. The average Bonchev–Trinajstić information content (AvgIpc) is 3.13. The molecule has 0 aromatic carbocycles. The van der Waals surface area contributed by atoms with Crippen molar-refractivity contribution in [2.45, 2.75) is 70.7 Å². The fourth-order valence-corrected chi connectivity index (χ4v) is 7.25. The average molecular weight is 346 g/mol. The van der Waals surface area contributed by atoms with Gasteiger partial charge in [-0.1, -0.05) is 25.5 Å². The number of aliphatic hydroxyl groups excluding tert-OH is 1. The van der Waals surface area contributed by atoms with Gasteiger partial charge in [-0.2, -0.15) is 0 Å². The number of ether oxygens (including phenoxy) is 2. The van der Waals surface area contributed by atoms with Crippen molar-refractivity contribution in [3.8, 4) is 0 Å². The van der Waals surface area contributed by atoms with Crippen LogP contribution in [-0.4, -0.2) is 36.0 Å². The number of Topliss-reactive ketones (excluding diaryl/α,β-unsaturated/α-hetero) is 1. The van der Waals surface area contributed by atoms with E-state index in [9.17, 15) is 9.90 Å². The molecule has 1 saturated heterocycles. The molecule has 0 amide bonds. The molecular formula is C21H30O4. The van der Waals surface area contributed by atoms with Gasteiger partial charge in [-0.3, -0.25) is 4.79 Å². The van der Waals surface area contributed by atoms with Crippen LogP contribution in [0.3, 0.4) is 0 Å². The fraction of sp³-hybridized carbons (Fsp3) is 0.857. The molecule has 5 rings (SSSR count). The summed E-state index contributed by atoms with van der Waals surface area (Å²) in [4.78, 5) is 12.5. The van der Waals surface area contributed by atoms with E-state index in [0.29, 0.717) is 43.7 Å². The van der Waals surface area contributed by atoms with E-state index in [1.165, 1.54) is 5.57 Å². The summed E-state index contributed by atoms with van der Waals surface area (Å²) in [6, 6.07) is 0. The Labute approximate surface area is 150 Å². The van der Waals surface area contributed by atoms with E-state index >= 15 is 0 Å². The van der Waals surface area contributed by atoms with Crippen LogP contribution in [0.25, 0.3) is 0 Å². The van der Waals surface area contributed by atoms with Gasteiger partial charge < -0.3 is 14.6 Å². The summed E-state index contributed by atoms with van der Waals surface area (Å²) in [5.74, 6) is 1.13. The molecule has 3 saturated carbocycles. The maximum Gasteiger partial charge on any atom is 0.172 e. The van der Waals surface area contributed by atoms with E-state index < -0.39 is 5.79 Å². The smallest absolute Gasteiger partial charge is 0.172 e. The van der Waals surface area contributed by atoms with Crippen molar-refractivity contribution in [1.82, 2.24) is 0 Å². The third kappa shape index (κ3) is 2.08. The molecule has 6 unspecified atom stereocenters. The second-order valence-corrected chi connectivity index (χ2v) is 9.61. The van der Waals surface area contributed by atoms with Gasteiger partial charge in [0.25, 0.3) is 0 Å². The minimum atomic E-state index is -0.407. The molecule has 138 valence electrons. The Morgan fingerprint density at radius 1 is 1.16 bits per heavy atom. The number of rotatable bonds is 0. The van der Waals surface area contributed by atoms with E-state index in [4.69, 9.17) is 9.47 Å². The van der Waals surface area contributed by atoms with Gasteiger partial charge in [-0.25, -0.2) is 0 Å². The molecule has 0 radical (unpaired) electrons. The molecule has 4 nitrogen and oxygen atoms in total. The summed E-state index contributed by atoms with van der Waals surface area (Å²) in [5.41, 5.74) is 1.15. The first-order chi connectivity index (χ1) is 11.9. The van der Waals surface area contributed by atoms with Gasteiger partial charge in [0.15, 0.2) is 5.79 Å². The first kappa shape index (κ1) is 16.5. The molecule has 0 bridgehead atoms. The van der Waals surface area contributed by atoms with Gasteiger partial charge in [0.1, 0.15) is 5.78 Å². The third-order valence-corrected chi connectivity index (χ3v) is 8.57. The highest BCUT2D eigenvalue weighted by Gasteiger charge is 2.63. The zero-order valence-corrected chi connectivity index (χ0v) is 15.4. The molecule has 4 aliphatic carbocycles. The first-order valence-corrected chi connectivity index (χ1v) is 10.1. The number of hydrogen-bond donors (Lipinski definition) is 1. The summed E-state index contributed by atoms with van der Waals surface area (Å²) in [6.45, 7) is 5.85. The number of hydrogen-bond acceptors (Lipinski definition) is 4. The largest absolute Gasteiger partial charge is 0.393 e. The fourth-order valence-electron chi connectivity index (χ4n) is 7.25. The van der Waals surface area contributed by atoms with Crippen LogP contribution in [0.5, 0.6) is 0 Å². The lowest BCUT2D eigenvalue weighted by atomic mass is 9.47. The van der Waals surface area contributed by atoms with Crippen LogP contribution in [0.1, 0.15) is 58.8 Å². The van der Waals surface area contributed by atoms with Crippen LogP contribution in [0.2, 0.25) is 0 Å². The topological polar surface area (TPSA) is 55.8 Å². The predicted molar refractivity (Wildman–Crippen MR) is 92.7 cm³/mol. The Bertz CT molecular complexity index is 634. The molecule has 0 aromatic rings. The molecule has 4 fully saturated rings. The monoisotopic (exact) mass is 346 g/mol. The lowest BCUT2D eigenvalue weighted by Crippen LogP contribution is -2.57. The Hall–Kier alpha value is -0.710. The van der Waals surface area contributed by atoms with Gasteiger partial charge in [0, 0.05) is 24.7 Å². The van der Waals surface area contributed by atoms with Crippen LogP contribution >= 0.6 is 0 Å². The lowest BCUT2D eigenvalue weighted by molar-refractivity contribution is -0.192. The van der Waals surface area contributed by atoms with Gasteiger partial charge in [-0.15, -0.1) is 0 Å². The molecule has 5 aliphatic rings. The standard InChI is InChI=1S/C21H30O4/c1-19-7-8-21(24-9-10-25-21)11-13(19)3-4-14-15-5-6-17(23)20(15,2)12-16(22)18(14)19/h3,14-16,18,22H,4-12H2,1-2H3. The molecule has 1 aliphatic heterocycles. The molecule has 6 atom stereocenters. The quantitative estimate of drug-likeness (QED) is 0.684. The molecule has 4 heteroatoms. The molecular weight excluding hydrogens is 316 g/mol. The van der Waals surface area contributed by atoms with E-state index in [1.807, 2.05) is 0 Å². The van der Waals surface area contributed by atoms with Crippen molar-refractivity contribution in [2.75, 3.05) is 13.2 Å². The van der Waals surface area contributed by atoms with Gasteiger partial charge in [-0.05, 0) is 48.9 Å². The van der Waals surface area contributed by atoms with Gasteiger partial charge in [0.05, 0.1) is 19.3 Å². The minimum Gasteiger partial charge on any atom is -0.393 e. The van der Waals surface area contributed by atoms with Crippen LogP contribution in [0.4, 0.5) is 0 Å². The maximum absolute atomic E-state index is 12.5. The number of ketones is 1. The molecule has 1 spiro atoms. The number of fused-ring (bicyclic) bond motifs is 5. The van der Waals surface area contributed by atoms with Crippen LogP contribution in [0, 0.1) is 28.6 Å². The minimum absolute atomic E-state index is 0.0237. The molecule has 1 heterocycles. The summed E-state index contributed by atoms with van der Waals surface area (Å²) >= 11 is 0. The second-order valence-electron chi connectivity index (χ2n) is 9.61. The second kappa shape index (κ2) is 5.17. The van der Waals surface area contributed by atoms with Crippen LogP contribution in [0.15, 0.2) is 11.6 Å². The predicted octanol–water partition coefficient (Wildman–Crippen LogP) is 3.23. The van der Waals surface area contributed by atoms with Crippen LogP contribution in [-0.2, 0) is 14.3 Å². The van der Waals surface area contributed by atoms with E-state index in [-0.39, 0.29) is 22.9 Å². The van der Waals surface area contributed by atoms with Crippen molar-refractivity contribution in [3.63, 3.8) is 0 Å². The zero-order valence-electron chi connectivity index (χ0n) is 15.4. The zero-order chi connectivity index (χ0) is 17.4. The number of allylic oxidation sites excluding steroid dienone is 1.